The Balaban J connectivity index is 2.41. The molecule has 0 aliphatic rings. The number of aromatic nitrogens is 2. The van der Waals surface area contributed by atoms with Gasteiger partial charge in [0, 0.05) is 19.4 Å². The van der Waals surface area contributed by atoms with Crippen molar-refractivity contribution in [2.24, 2.45) is 7.05 Å². The van der Waals surface area contributed by atoms with Crippen LogP contribution in [0.1, 0.15) is 12.7 Å². The van der Waals surface area contributed by atoms with Gasteiger partial charge in [-0.15, -0.1) is 0 Å². The van der Waals surface area contributed by atoms with Gasteiger partial charge in [0.15, 0.2) is 0 Å². The number of Topliss-reactive ketones (excluding diaryl/α,β-unsaturated/α-hetero) is 1. The van der Waals surface area contributed by atoms with E-state index in [1.807, 2.05) is 17.8 Å². The molecule has 0 fully saturated rings. The molecule has 0 aliphatic heterocycles. The highest BCUT2D eigenvalue weighted by molar-refractivity contribution is 7.99. The molecule has 13 heavy (non-hydrogen) atoms. The van der Waals surface area contributed by atoms with Crippen LogP contribution in [-0.4, -0.2) is 26.8 Å². The molecule has 0 aliphatic carbocycles. The van der Waals surface area contributed by atoms with Crippen molar-refractivity contribution in [1.82, 2.24) is 9.55 Å². The van der Waals surface area contributed by atoms with Crippen LogP contribution in [0.15, 0.2) is 12.4 Å². The topological polar surface area (TPSA) is 34.9 Å². The highest BCUT2D eigenvalue weighted by Gasteiger charge is 2.06. The first kappa shape index (κ1) is 10.3. The second-order valence-corrected chi connectivity index (χ2v) is 4.08. The Morgan fingerprint density at radius 1 is 1.69 bits per heavy atom. The van der Waals surface area contributed by atoms with Crippen molar-refractivity contribution in [1.29, 1.82) is 0 Å². The smallest absolute Gasteiger partial charge is 0.150 e. The molecule has 4 heteroatoms. The van der Waals surface area contributed by atoms with Gasteiger partial charge in [-0.2, -0.15) is 11.8 Å². The summed E-state index contributed by atoms with van der Waals surface area (Å²) in [4.78, 5) is 15.4. The summed E-state index contributed by atoms with van der Waals surface area (Å²) in [6, 6.07) is 0. The van der Waals surface area contributed by atoms with Crippen molar-refractivity contribution in [3.8, 4) is 0 Å². The lowest BCUT2D eigenvalue weighted by Crippen LogP contribution is -2.09. The van der Waals surface area contributed by atoms with E-state index in [2.05, 4.69) is 11.9 Å². The van der Waals surface area contributed by atoms with Crippen molar-refractivity contribution in [2.75, 3.05) is 11.5 Å². The van der Waals surface area contributed by atoms with Gasteiger partial charge in [-0.05, 0) is 5.75 Å². The molecule has 1 rings (SSSR count). The Labute approximate surface area is 82.5 Å². The molecule has 72 valence electrons. The predicted molar refractivity (Wildman–Crippen MR) is 54.9 cm³/mol. The maximum absolute atomic E-state index is 11.3. The molecule has 0 saturated heterocycles. The maximum atomic E-state index is 11.3. The van der Waals surface area contributed by atoms with Gasteiger partial charge in [-0.3, -0.25) is 4.79 Å². The van der Waals surface area contributed by atoms with E-state index in [9.17, 15) is 4.79 Å². The standard InChI is InChI=1S/C9H14N2OS/c1-3-13-7-8(12)6-9-10-4-5-11(9)2/h4-5H,3,6-7H2,1-2H3. The van der Waals surface area contributed by atoms with E-state index < -0.39 is 0 Å². The predicted octanol–water partition coefficient (Wildman–Crippen LogP) is 1.28. The summed E-state index contributed by atoms with van der Waals surface area (Å²) in [5, 5.41) is 0. The number of carbonyl (C=O) groups is 1. The molecule has 0 aromatic carbocycles. The number of aryl methyl sites for hydroxylation is 1. The molecule has 3 nitrogen and oxygen atoms in total. The third-order valence-electron chi connectivity index (χ3n) is 1.74. The van der Waals surface area contributed by atoms with Gasteiger partial charge in [0.25, 0.3) is 0 Å². The molecule has 1 aromatic rings. The summed E-state index contributed by atoms with van der Waals surface area (Å²) in [5.41, 5.74) is 0. The summed E-state index contributed by atoms with van der Waals surface area (Å²) >= 11 is 1.66. The third-order valence-corrected chi connectivity index (χ3v) is 2.68. The Kier molecular flexibility index (Phi) is 4.02. The summed E-state index contributed by atoms with van der Waals surface area (Å²) < 4.78 is 1.88. The van der Waals surface area contributed by atoms with Crippen LogP contribution in [0.4, 0.5) is 0 Å². The van der Waals surface area contributed by atoms with Gasteiger partial charge in [0.1, 0.15) is 11.6 Å². The fraction of sp³-hybridized carbons (Fsp3) is 0.556. The Morgan fingerprint density at radius 2 is 2.46 bits per heavy atom. The second kappa shape index (κ2) is 5.07. The van der Waals surface area contributed by atoms with Crippen molar-refractivity contribution < 1.29 is 4.79 Å². The van der Waals surface area contributed by atoms with Crippen LogP contribution >= 0.6 is 11.8 Å². The van der Waals surface area contributed by atoms with Crippen LogP contribution in [-0.2, 0) is 18.3 Å². The first-order valence-corrected chi connectivity index (χ1v) is 5.45. The molecule has 1 heterocycles. The number of imidazole rings is 1. The molecule has 0 amide bonds. The number of carbonyl (C=O) groups excluding carboxylic acids is 1. The summed E-state index contributed by atoms with van der Waals surface area (Å²) in [7, 11) is 1.91. The SMILES string of the molecule is CCSCC(=O)Cc1nccn1C. The Hall–Kier alpha value is -0.770. The third kappa shape index (κ3) is 3.22. The van der Waals surface area contributed by atoms with E-state index in [1.54, 1.807) is 18.0 Å². The molecule has 0 N–H and O–H groups in total. The van der Waals surface area contributed by atoms with Crippen LogP contribution in [0.5, 0.6) is 0 Å². The van der Waals surface area contributed by atoms with E-state index in [-0.39, 0.29) is 5.78 Å². The zero-order chi connectivity index (χ0) is 9.68. The van der Waals surface area contributed by atoms with Crippen LogP contribution in [0.25, 0.3) is 0 Å². The van der Waals surface area contributed by atoms with Gasteiger partial charge in [0.2, 0.25) is 0 Å². The number of rotatable bonds is 5. The first-order chi connectivity index (χ1) is 6.24. The molecule has 0 atom stereocenters. The second-order valence-electron chi connectivity index (χ2n) is 2.81. The quantitative estimate of drug-likeness (QED) is 0.715. The summed E-state index contributed by atoms with van der Waals surface area (Å²) in [6.45, 7) is 2.05. The molecule has 0 bridgehead atoms. The largest absolute Gasteiger partial charge is 0.338 e. The monoisotopic (exact) mass is 198 g/mol. The number of hydrogen-bond acceptors (Lipinski definition) is 3. The maximum Gasteiger partial charge on any atom is 0.150 e. The molecule has 0 saturated carbocycles. The van der Waals surface area contributed by atoms with Gasteiger partial charge >= 0.3 is 0 Å². The number of thioether (sulfide) groups is 1. The molecule has 0 spiro atoms. The Bertz CT molecular complexity index is 283. The number of hydrogen-bond donors (Lipinski definition) is 0. The lowest BCUT2D eigenvalue weighted by atomic mass is 10.3. The van der Waals surface area contributed by atoms with Gasteiger partial charge in [-0.1, -0.05) is 6.92 Å². The minimum absolute atomic E-state index is 0.251. The number of ketones is 1. The van der Waals surface area contributed by atoms with Crippen LogP contribution in [0, 0.1) is 0 Å². The average molecular weight is 198 g/mol. The lowest BCUT2D eigenvalue weighted by molar-refractivity contribution is -0.116. The fourth-order valence-electron chi connectivity index (χ4n) is 1.01. The van der Waals surface area contributed by atoms with Crippen molar-refractivity contribution in [3.05, 3.63) is 18.2 Å². The minimum atomic E-state index is 0.251. The van der Waals surface area contributed by atoms with E-state index in [0.29, 0.717) is 12.2 Å². The van der Waals surface area contributed by atoms with Gasteiger partial charge in [0.05, 0.1) is 12.2 Å². The molecule has 0 unspecified atom stereocenters. The zero-order valence-electron chi connectivity index (χ0n) is 7.99. The van der Waals surface area contributed by atoms with E-state index in [0.717, 1.165) is 11.6 Å². The van der Waals surface area contributed by atoms with E-state index in [1.165, 1.54) is 0 Å². The van der Waals surface area contributed by atoms with E-state index >= 15 is 0 Å². The highest BCUT2D eigenvalue weighted by atomic mass is 32.2. The lowest BCUT2D eigenvalue weighted by Gasteiger charge is -2.00. The normalized spacial score (nSPS) is 10.3. The van der Waals surface area contributed by atoms with Crippen molar-refractivity contribution in [2.45, 2.75) is 13.3 Å². The van der Waals surface area contributed by atoms with Crippen LogP contribution in [0.3, 0.4) is 0 Å². The summed E-state index contributed by atoms with van der Waals surface area (Å²) in [6.07, 6.45) is 4.03. The van der Waals surface area contributed by atoms with Crippen LogP contribution in [0.2, 0.25) is 0 Å². The zero-order valence-corrected chi connectivity index (χ0v) is 8.80. The number of nitrogens with zero attached hydrogens (tertiary/aromatic N) is 2. The fourth-order valence-corrected chi connectivity index (χ4v) is 1.54. The Morgan fingerprint density at radius 3 is 3.00 bits per heavy atom. The molecule has 1 aromatic heterocycles. The van der Waals surface area contributed by atoms with Gasteiger partial charge < -0.3 is 4.57 Å². The first-order valence-electron chi connectivity index (χ1n) is 4.29. The molecular formula is C9H14N2OS. The molecule has 0 radical (unpaired) electrons. The van der Waals surface area contributed by atoms with Crippen molar-refractivity contribution >= 4 is 17.5 Å². The summed E-state index contributed by atoms with van der Waals surface area (Å²) in [5.74, 6) is 2.69. The van der Waals surface area contributed by atoms with Crippen LogP contribution < -0.4 is 0 Å². The minimum Gasteiger partial charge on any atom is -0.338 e. The van der Waals surface area contributed by atoms with E-state index in [4.69, 9.17) is 0 Å². The highest BCUT2D eigenvalue weighted by Crippen LogP contribution is 2.02. The van der Waals surface area contributed by atoms with Gasteiger partial charge in [-0.25, -0.2) is 4.98 Å². The molecular weight excluding hydrogens is 184 g/mol. The van der Waals surface area contributed by atoms with Crippen molar-refractivity contribution in [3.63, 3.8) is 0 Å². The average Bonchev–Trinajstić information content (AvgIpc) is 2.48.